The van der Waals surface area contributed by atoms with Crippen LogP contribution >= 0.6 is 11.6 Å². The van der Waals surface area contributed by atoms with Gasteiger partial charge in [-0.3, -0.25) is 4.98 Å². The van der Waals surface area contributed by atoms with Crippen LogP contribution < -0.4 is 10.1 Å². The molecule has 1 aromatic heterocycles. The number of benzene rings is 1. The zero-order valence-electron chi connectivity index (χ0n) is 8.16. The van der Waals surface area contributed by atoms with E-state index < -0.39 is 6.09 Å². The molecule has 0 bridgehead atoms. The number of ether oxygens (including phenoxy) is 1. The number of hydrogen-bond donors (Lipinski definition) is 1. The topological polar surface area (TPSA) is 51.2 Å². The highest BCUT2D eigenvalue weighted by Crippen LogP contribution is 2.35. The minimum absolute atomic E-state index is 0.417. The number of halogens is 1. The van der Waals surface area contributed by atoms with Gasteiger partial charge in [0.25, 0.3) is 0 Å². The van der Waals surface area contributed by atoms with E-state index in [4.69, 9.17) is 16.3 Å². The molecule has 0 unspecified atom stereocenters. The fourth-order valence-electron chi connectivity index (χ4n) is 1.77. The third-order valence-corrected chi connectivity index (χ3v) is 2.80. The Kier molecular flexibility index (Phi) is 1.97. The molecule has 1 N–H and O–H groups in total. The lowest BCUT2D eigenvalue weighted by molar-refractivity contribution is 0.195. The molecule has 2 aromatic rings. The Morgan fingerprint density at radius 3 is 3.25 bits per heavy atom. The first-order valence-electron chi connectivity index (χ1n) is 4.77. The van der Waals surface area contributed by atoms with Gasteiger partial charge in [-0.2, -0.15) is 0 Å². The van der Waals surface area contributed by atoms with Crippen LogP contribution in [0.25, 0.3) is 10.9 Å². The maximum atomic E-state index is 11.2. The molecule has 4 nitrogen and oxygen atoms in total. The fourth-order valence-corrected chi connectivity index (χ4v) is 2.05. The number of amides is 1. The van der Waals surface area contributed by atoms with Crippen molar-refractivity contribution in [2.75, 3.05) is 0 Å². The highest BCUT2D eigenvalue weighted by molar-refractivity contribution is 6.35. The summed E-state index contributed by atoms with van der Waals surface area (Å²) in [6, 6.07) is 5.44. The summed E-state index contributed by atoms with van der Waals surface area (Å²) in [6.45, 7) is 0.417. The largest absolute Gasteiger partial charge is 0.412 e. The number of aromatic nitrogens is 1. The lowest BCUT2D eigenvalue weighted by Crippen LogP contribution is -2.31. The zero-order chi connectivity index (χ0) is 11.1. The Labute approximate surface area is 96.2 Å². The fraction of sp³-hybridized carbons (Fsp3) is 0.0909. The van der Waals surface area contributed by atoms with E-state index in [1.807, 2.05) is 6.07 Å². The van der Waals surface area contributed by atoms with Crippen LogP contribution in [-0.2, 0) is 6.54 Å². The van der Waals surface area contributed by atoms with Gasteiger partial charge in [-0.1, -0.05) is 11.6 Å². The normalized spacial score (nSPS) is 14.2. The smallest absolute Gasteiger partial charge is 0.408 e. The van der Waals surface area contributed by atoms with Crippen molar-refractivity contribution in [1.29, 1.82) is 0 Å². The lowest BCUT2D eigenvalue weighted by Gasteiger charge is -2.18. The number of carbonyl (C=O) groups is 1. The summed E-state index contributed by atoms with van der Waals surface area (Å²) < 4.78 is 5.13. The van der Waals surface area contributed by atoms with Crippen LogP contribution in [0, 0.1) is 0 Å². The summed E-state index contributed by atoms with van der Waals surface area (Å²) in [6.07, 6.45) is 1.19. The van der Waals surface area contributed by atoms with Gasteiger partial charge in [0.2, 0.25) is 0 Å². The van der Waals surface area contributed by atoms with Crippen molar-refractivity contribution < 1.29 is 9.53 Å². The summed E-state index contributed by atoms with van der Waals surface area (Å²) in [5.74, 6) is 0.503. The van der Waals surface area contributed by atoms with E-state index in [-0.39, 0.29) is 0 Å². The third-order valence-electron chi connectivity index (χ3n) is 2.49. The standard InChI is InChI=1S/C11H7ClN2O2/c12-8-4-6-5-14-11(15)16-10(6)9-7(8)2-1-3-13-9/h1-4H,5H2,(H,14,15). The van der Waals surface area contributed by atoms with Gasteiger partial charge in [-0.15, -0.1) is 0 Å². The van der Waals surface area contributed by atoms with Crippen LogP contribution in [0.4, 0.5) is 4.79 Å². The molecule has 5 heteroatoms. The molecule has 1 aliphatic rings. The summed E-state index contributed by atoms with van der Waals surface area (Å²) in [5, 5.41) is 3.98. The molecule has 0 spiro atoms. The van der Waals surface area contributed by atoms with E-state index in [1.54, 1.807) is 18.3 Å². The van der Waals surface area contributed by atoms with E-state index in [0.717, 1.165) is 10.9 Å². The molecule has 0 saturated heterocycles. The number of pyridine rings is 1. The first kappa shape index (κ1) is 9.42. The van der Waals surface area contributed by atoms with Gasteiger partial charge >= 0.3 is 6.09 Å². The Hall–Kier alpha value is -1.81. The number of nitrogens with zero attached hydrogens (tertiary/aromatic N) is 1. The van der Waals surface area contributed by atoms with E-state index >= 15 is 0 Å². The Morgan fingerprint density at radius 1 is 1.50 bits per heavy atom. The Morgan fingerprint density at radius 2 is 2.38 bits per heavy atom. The predicted octanol–water partition coefficient (Wildman–Crippen LogP) is 2.49. The lowest BCUT2D eigenvalue weighted by atomic mass is 10.1. The summed E-state index contributed by atoms with van der Waals surface area (Å²) in [4.78, 5) is 15.4. The maximum absolute atomic E-state index is 11.2. The first-order valence-corrected chi connectivity index (χ1v) is 5.15. The van der Waals surface area contributed by atoms with Gasteiger partial charge in [0.1, 0.15) is 5.52 Å². The second-order valence-corrected chi connectivity index (χ2v) is 3.90. The number of rotatable bonds is 0. The highest BCUT2D eigenvalue weighted by Gasteiger charge is 2.21. The van der Waals surface area contributed by atoms with Crippen molar-refractivity contribution in [3.05, 3.63) is 35.0 Å². The second-order valence-electron chi connectivity index (χ2n) is 3.49. The molecular weight excluding hydrogens is 228 g/mol. The highest BCUT2D eigenvalue weighted by atomic mass is 35.5. The van der Waals surface area contributed by atoms with Gasteiger partial charge in [-0.25, -0.2) is 4.79 Å². The van der Waals surface area contributed by atoms with Gasteiger partial charge < -0.3 is 10.1 Å². The minimum Gasteiger partial charge on any atom is -0.408 e. The van der Waals surface area contributed by atoms with E-state index in [0.29, 0.717) is 22.8 Å². The monoisotopic (exact) mass is 234 g/mol. The van der Waals surface area contributed by atoms with Crippen LogP contribution in [-0.4, -0.2) is 11.1 Å². The van der Waals surface area contributed by atoms with Crippen LogP contribution in [0.5, 0.6) is 5.75 Å². The molecule has 0 fully saturated rings. The predicted molar refractivity (Wildman–Crippen MR) is 59.6 cm³/mol. The van der Waals surface area contributed by atoms with Crippen molar-refractivity contribution in [2.24, 2.45) is 0 Å². The van der Waals surface area contributed by atoms with Gasteiger partial charge in [0.15, 0.2) is 5.75 Å². The summed E-state index contributed by atoms with van der Waals surface area (Å²) >= 11 is 6.12. The molecule has 0 atom stereocenters. The molecule has 0 saturated carbocycles. The van der Waals surface area contributed by atoms with Gasteiger partial charge in [-0.05, 0) is 18.2 Å². The van der Waals surface area contributed by atoms with Crippen molar-refractivity contribution >= 4 is 28.6 Å². The molecule has 2 heterocycles. The van der Waals surface area contributed by atoms with Crippen molar-refractivity contribution in [1.82, 2.24) is 10.3 Å². The number of nitrogens with one attached hydrogen (secondary N) is 1. The van der Waals surface area contributed by atoms with E-state index in [1.165, 1.54) is 0 Å². The molecule has 80 valence electrons. The maximum Gasteiger partial charge on any atom is 0.412 e. The number of hydrogen-bond acceptors (Lipinski definition) is 3. The van der Waals surface area contributed by atoms with Crippen molar-refractivity contribution in [2.45, 2.75) is 6.54 Å². The van der Waals surface area contributed by atoms with Gasteiger partial charge in [0.05, 0.1) is 5.02 Å². The van der Waals surface area contributed by atoms with E-state index in [9.17, 15) is 4.79 Å². The molecule has 1 aromatic carbocycles. The second kappa shape index (κ2) is 3.35. The molecule has 16 heavy (non-hydrogen) atoms. The SMILES string of the molecule is O=C1NCc2cc(Cl)c3cccnc3c2O1. The summed E-state index contributed by atoms with van der Waals surface area (Å²) in [7, 11) is 0. The van der Waals surface area contributed by atoms with Gasteiger partial charge in [0, 0.05) is 23.7 Å². The molecular formula is C11H7ClN2O2. The summed E-state index contributed by atoms with van der Waals surface area (Å²) in [5.41, 5.74) is 1.47. The molecule has 3 rings (SSSR count). The average Bonchev–Trinajstić information content (AvgIpc) is 2.31. The van der Waals surface area contributed by atoms with Crippen LogP contribution in [0.15, 0.2) is 24.4 Å². The number of carbonyl (C=O) groups excluding carboxylic acids is 1. The van der Waals surface area contributed by atoms with Crippen LogP contribution in [0.1, 0.15) is 5.56 Å². The van der Waals surface area contributed by atoms with Crippen molar-refractivity contribution in [3.8, 4) is 5.75 Å². The minimum atomic E-state index is -0.457. The van der Waals surface area contributed by atoms with Crippen LogP contribution in [0.3, 0.4) is 0 Å². The average molecular weight is 235 g/mol. The molecule has 0 aliphatic carbocycles. The first-order chi connectivity index (χ1) is 7.75. The third kappa shape index (κ3) is 1.31. The van der Waals surface area contributed by atoms with Crippen molar-refractivity contribution in [3.63, 3.8) is 0 Å². The Balaban J connectivity index is 2.37. The molecule has 1 aliphatic heterocycles. The Bertz CT molecular complexity index is 598. The zero-order valence-corrected chi connectivity index (χ0v) is 8.91. The molecule has 1 amide bonds. The quantitative estimate of drug-likeness (QED) is 0.762. The van der Waals surface area contributed by atoms with Crippen LogP contribution in [0.2, 0.25) is 5.02 Å². The number of fused-ring (bicyclic) bond motifs is 3. The van der Waals surface area contributed by atoms with E-state index in [2.05, 4.69) is 10.3 Å². The molecule has 0 radical (unpaired) electrons.